The average Bonchev–Trinajstić information content (AvgIpc) is 1.94. The zero-order valence-electron chi connectivity index (χ0n) is 5.79. The van der Waals surface area contributed by atoms with Gasteiger partial charge in [-0.2, -0.15) is 0 Å². The molecule has 0 atom stereocenters. The van der Waals surface area contributed by atoms with Crippen LogP contribution >= 0.6 is 0 Å². The summed E-state index contributed by atoms with van der Waals surface area (Å²) in [6.07, 6.45) is 1.61. The monoisotopic (exact) mass is 137 g/mol. The van der Waals surface area contributed by atoms with Crippen LogP contribution in [-0.2, 0) is 11.3 Å². The summed E-state index contributed by atoms with van der Waals surface area (Å²) in [5.41, 5.74) is 6.29. The Hall–Kier alpha value is -1.09. The van der Waals surface area contributed by atoms with Crippen LogP contribution in [0.1, 0.15) is 5.56 Å². The summed E-state index contributed by atoms with van der Waals surface area (Å²) >= 11 is 0. The fourth-order valence-electron chi connectivity index (χ4n) is 0.667. The van der Waals surface area contributed by atoms with E-state index in [0.717, 1.165) is 5.56 Å². The van der Waals surface area contributed by atoms with E-state index in [1.54, 1.807) is 19.4 Å². The van der Waals surface area contributed by atoms with E-state index in [4.69, 9.17) is 10.5 Å². The molecule has 0 aromatic carbocycles. The number of methoxy groups -OCH3 is 1. The first-order chi connectivity index (χ1) is 4.84. The third-order valence-electron chi connectivity index (χ3n) is 1.14. The second-order valence-corrected chi connectivity index (χ2v) is 1.89. The van der Waals surface area contributed by atoms with Gasteiger partial charge in [-0.05, 0) is 12.1 Å². The Bertz CT molecular complexity index is 213. The SMILES string of the molecule is COCc1[c]ccnc1N. The number of anilines is 1. The molecule has 1 heterocycles. The number of hydrogen-bond acceptors (Lipinski definition) is 3. The van der Waals surface area contributed by atoms with Crippen molar-refractivity contribution in [2.24, 2.45) is 0 Å². The second kappa shape index (κ2) is 3.17. The summed E-state index contributed by atoms with van der Waals surface area (Å²) in [6, 6.07) is 4.64. The van der Waals surface area contributed by atoms with Crippen molar-refractivity contribution in [1.29, 1.82) is 0 Å². The van der Waals surface area contributed by atoms with Crippen LogP contribution in [0.4, 0.5) is 5.82 Å². The number of aromatic nitrogens is 1. The topological polar surface area (TPSA) is 48.1 Å². The number of ether oxygens (including phenoxy) is 1. The predicted octanol–water partition coefficient (Wildman–Crippen LogP) is 0.610. The van der Waals surface area contributed by atoms with E-state index in [0.29, 0.717) is 12.4 Å². The molecule has 3 heteroatoms. The van der Waals surface area contributed by atoms with Crippen molar-refractivity contribution in [2.45, 2.75) is 6.61 Å². The van der Waals surface area contributed by atoms with E-state index in [1.165, 1.54) is 0 Å². The number of rotatable bonds is 2. The number of nitrogens with zero attached hydrogens (tertiary/aromatic N) is 1. The summed E-state index contributed by atoms with van der Waals surface area (Å²) in [5, 5.41) is 0. The molecule has 0 aliphatic carbocycles. The summed E-state index contributed by atoms with van der Waals surface area (Å²) < 4.78 is 4.86. The van der Waals surface area contributed by atoms with Gasteiger partial charge in [0.1, 0.15) is 5.82 Å². The van der Waals surface area contributed by atoms with Gasteiger partial charge in [0.2, 0.25) is 0 Å². The Morgan fingerprint density at radius 3 is 3.20 bits per heavy atom. The van der Waals surface area contributed by atoms with Crippen LogP contribution in [0.15, 0.2) is 12.3 Å². The molecule has 3 nitrogen and oxygen atoms in total. The van der Waals surface area contributed by atoms with Gasteiger partial charge in [0.05, 0.1) is 6.61 Å². The lowest BCUT2D eigenvalue weighted by molar-refractivity contribution is 0.185. The van der Waals surface area contributed by atoms with Gasteiger partial charge in [0, 0.05) is 18.9 Å². The highest BCUT2D eigenvalue weighted by Crippen LogP contribution is 2.05. The molecule has 1 rings (SSSR count). The number of nitrogens with two attached hydrogens (primary N) is 1. The van der Waals surface area contributed by atoms with Gasteiger partial charge in [0.15, 0.2) is 0 Å². The molecule has 2 N–H and O–H groups in total. The van der Waals surface area contributed by atoms with Crippen LogP contribution in [0.3, 0.4) is 0 Å². The first-order valence-corrected chi connectivity index (χ1v) is 2.94. The summed E-state index contributed by atoms with van der Waals surface area (Å²) in [4.78, 5) is 3.86. The lowest BCUT2D eigenvalue weighted by Crippen LogP contribution is -1.97. The largest absolute Gasteiger partial charge is 0.383 e. The first kappa shape index (κ1) is 7.02. The normalized spacial score (nSPS) is 9.70. The van der Waals surface area contributed by atoms with Gasteiger partial charge in [-0.15, -0.1) is 0 Å². The van der Waals surface area contributed by atoms with E-state index in [-0.39, 0.29) is 0 Å². The van der Waals surface area contributed by atoms with Crippen LogP contribution < -0.4 is 5.73 Å². The molecule has 0 spiro atoms. The fraction of sp³-hybridized carbons (Fsp3) is 0.286. The van der Waals surface area contributed by atoms with E-state index in [1.807, 2.05) is 0 Å². The summed E-state index contributed by atoms with van der Waals surface area (Å²) in [7, 11) is 1.61. The predicted molar refractivity (Wildman–Crippen MR) is 38.2 cm³/mol. The lowest BCUT2D eigenvalue weighted by Gasteiger charge is -1.99. The molecule has 0 unspecified atom stereocenters. The molecule has 1 aromatic heterocycles. The zero-order valence-corrected chi connectivity index (χ0v) is 5.79. The molecular formula is C7H9N2O. The quantitative estimate of drug-likeness (QED) is 0.649. The van der Waals surface area contributed by atoms with Crippen molar-refractivity contribution < 1.29 is 4.74 Å². The highest BCUT2D eigenvalue weighted by molar-refractivity contribution is 5.36. The van der Waals surface area contributed by atoms with Gasteiger partial charge in [-0.25, -0.2) is 4.98 Å². The molecule has 0 saturated heterocycles. The Morgan fingerprint density at radius 2 is 2.60 bits per heavy atom. The maximum atomic E-state index is 5.48. The van der Waals surface area contributed by atoms with E-state index in [9.17, 15) is 0 Å². The van der Waals surface area contributed by atoms with Gasteiger partial charge >= 0.3 is 0 Å². The summed E-state index contributed by atoms with van der Waals surface area (Å²) in [6.45, 7) is 0.472. The molecule has 0 aliphatic heterocycles. The third kappa shape index (κ3) is 1.45. The first-order valence-electron chi connectivity index (χ1n) is 2.94. The molecule has 0 bridgehead atoms. The Kier molecular flexibility index (Phi) is 2.23. The molecular weight excluding hydrogens is 128 g/mol. The van der Waals surface area contributed by atoms with Crippen LogP contribution in [0, 0.1) is 6.07 Å². The van der Waals surface area contributed by atoms with Gasteiger partial charge < -0.3 is 10.5 Å². The average molecular weight is 137 g/mol. The Morgan fingerprint density at radius 1 is 1.80 bits per heavy atom. The van der Waals surface area contributed by atoms with Crippen molar-refractivity contribution in [3.05, 3.63) is 23.9 Å². The van der Waals surface area contributed by atoms with E-state index < -0.39 is 0 Å². The minimum atomic E-state index is 0.472. The third-order valence-corrected chi connectivity index (χ3v) is 1.14. The minimum Gasteiger partial charge on any atom is -0.383 e. The smallest absolute Gasteiger partial charge is 0.129 e. The van der Waals surface area contributed by atoms with Gasteiger partial charge in [-0.3, -0.25) is 0 Å². The standard InChI is InChI=1S/C7H9N2O/c1-10-5-6-3-2-4-9-7(6)8/h2,4H,5H2,1H3,(H2,8,9). The highest BCUT2D eigenvalue weighted by atomic mass is 16.5. The molecule has 1 aromatic rings. The molecule has 0 amide bonds. The van der Waals surface area contributed by atoms with Crippen molar-refractivity contribution >= 4 is 5.82 Å². The van der Waals surface area contributed by atoms with Crippen molar-refractivity contribution in [3.8, 4) is 0 Å². The van der Waals surface area contributed by atoms with Crippen LogP contribution in [0.2, 0.25) is 0 Å². The second-order valence-electron chi connectivity index (χ2n) is 1.89. The van der Waals surface area contributed by atoms with Crippen LogP contribution in [0.25, 0.3) is 0 Å². The van der Waals surface area contributed by atoms with E-state index in [2.05, 4.69) is 11.1 Å². The molecule has 0 saturated carbocycles. The number of nitrogen functional groups attached to an aromatic ring is 1. The van der Waals surface area contributed by atoms with E-state index >= 15 is 0 Å². The van der Waals surface area contributed by atoms with Crippen molar-refractivity contribution in [3.63, 3.8) is 0 Å². The van der Waals surface area contributed by atoms with Gasteiger partial charge in [-0.1, -0.05) is 0 Å². The highest BCUT2D eigenvalue weighted by Gasteiger charge is 1.95. The minimum absolute atomic E-state index is 0.472. The summed E-state index contributed by atoms with van der Waals surface area (Å²) in [5.74, 6) is 0.490. The Labute approximate surface area is 59.8 Å². The maximum absolute atomic E-state index is 5.48. The lowest BCUT2D eigenvalue weighted by atomic mass is 10.3. The van der Waals surface area contributed by atoms with Crippen molar-refractivity contribution in [2.75, 3.05) is 12.8 Å². The molecule has 0 aliphatic rings. The fourth-order valence-corrected chi connectivity index (χ4v) is 0.667. The zero-order chi connectivity index (χ0) is 7.40. The van der Waals surface area contributed by atoms with Crippen LogP contribution in [0.5, 0.6) is 0 Å². The molecule has 1 radical (unpaired) electrons. The van der Waals surface area contributed by atoms with Crippen LogP contribution in [-0.4, -0.2) is 12.1 Å². The number of pyridine rings is 1. The molecule has 0 fully saturated rings. The van der Waals surface area contributed by atoms with Gasteiger partial charge in [0.25, 0.3) is 0 Å². The number of hydrogen-bond donors (Lipinski definition) is 1. The Balaban J connectivity index is 2.81. The van der Waals surface area contributed by atoms with Crippen molar-refractivity contribution in [1.82, 2.24) is 4.98 Å². The maximum Gasteiger partial charge on any atom is 0.129 e. The molecule has 10 heavy (non-hydrogen) atoms. The molecule has 53 valence electrons.